The standard InChI is InChI=1S/C28H38F2N8O3.C26H34F2N8O3/c1-4-36-12-14-37(15-13-36)34-25(39)19-10-11-21(23(16-19)41-3)32-27-31-17-22-24(33-27)38(20-8-6-5-7-9-20)18-28(29,30)26(40)35(22)2;1-34-20-15-30-25(32-22(20)36(16-26(27,28)24(34)38)18-6-4-3-5-7-18)31-19-9-8-17(14-21(19)39-2)23(37)33-35-12-10-29-11-13-35/h10-11,16-17,20H,4-9,12-15,18H2,1-3H3,(H,34,39)(H,31,32,33);8-9,14-15,18,29H,3-7,10-13,16H2,1-2H3,(H,33,37)(H,30,31,32). The number of halogens is 4. The number of carbonyl (C=O) groups is 4. The van der Waals surface area contributed by atoms with Crippen LogP contribution in [0.1, 0.15) is 91.8 Å². The van der Waals surface area contributed by atoms with Gasteiger partial charge in [-0.1, -0.05) is 45.4 Å². The molecule has 2 saturated heterocycles. The molecular formula is C54H72F4N16O6. The van der Waals surface area contributed by atoms with Gasteiger partial charge in [-0.3, -0.25) is 30.0 Å². The SMILES string of the molecule is CCN1CCN(NC(=O)c2ccc(Nc3ncc4c(n3)N(C3CCCCC3)CC(F)(F)C(=O)N4C)c(OC)c2)CC1.COc1cc(C(=O)NN2CCNCC2)ccc1Nc1ncc2c(n1)N(C1CCCCC1)CC(F)(F)C(=O)N2C. The summed E-state index contributed by atoms with van der Waals surface area (Å²) < 4.78 is 70.8. The number of nitrogens with zero attached hydrogens (tertiary/aromatic N) is 11. The first-order valence-electron chi connectivity index (χ1n) is 27.5. The number of hydrogen-bond donors (Lipinski definition) is 5. The Morgan fingerprint density at radius 1 is 0.625 bits per heavy atom. The van der Waals surface area contributed by atoms with Crippen LogP contribution in [0.15, 0.2) is 48.8 Å². The number of methoxy groups -OCH3 is 2. The summed E-state index contributed by atoms with van der Waals surface area (Å²) in [5.74, 6) is -8.44. The maximum atomic E-state index is 15.0. The van der Waals surface area contributed by atoms with E-state index in [0.717, 1.165) is 120 Å². The number of ether oxygens (including phenoxy) is 2. The number of hydrazine groups is 2. The molecule has 0 radical (unpaired) electrons. The number of nitrogens with one attached hydrogen (secondary N) is 5. The van der Waals surface area contributed by atoms with Crippen LogP contribution in [0.2, 0.25) is 0 Å². The molecule has 0 unspecified atom stereocenters. The van der Waals surface area contributed by atoms with Crippen molar-refractivity contribution < 1.29 is 46.2 Å². The average molecular weight is 1120 g/mol. The van der Waals surface area contributed by atoms with Crippen molar-refractivity contribution in [2.24, 2.45) is 0 Å². The highest BCUT2D eigenvalue weighted by molar-refractivity contribution is 6.03. The van der Waals surface area contributed by atoms with Crippen molar-refractivity contribution in [1.82, 2.24) is 51.0 Å². The van der Waals surface area contributed by atoms with E-state index in [-0.39, 0.29) is 47.2 Å². The predicted molar refractivity (Wildman–Crippen MR) is 295 cm³/mol. The summed E-state index contributed by atoms with van der Waals surface area (Å²) in [7, 11) is 5.64. The van der Waals surface area contributed by atoms with E-state index < -0.39 is 36.7 Å². The van der Waals surface area contributed by atoms with Crippen LogP contribution in [0.4, 0.5) is 63.8 Å². The van der Waals surface area contributed by atoms with E-state index in [9.17, 15) is 36.7 Å². The van der Waals surface area contributed by atoms with Crippen molar-refractivity contribution in [2.75, 3.05) is 131 Å². The fraction of sp³-hybridized carbons (Fsp3) is 0.556. The van der Waals surface area contributed by atoms with E-state index in [4.69, 9.17) is 9.47 Å². The first kappa shape index (κ1) is 57.5. The van der Waals surface area contributed by atoms with E-state index in [1.807, 2.05) is 10.0 Å². The van der Waals surface area contributed by atoms with Crippen molar-refractivity contribution in [2.45, 2.75) is 95.1 Å². The van der Waals surface area contributed by atoms with Crippen LogP contribution in [0.3, 0.4) is 0 Å². The van der Waals surface area contributed by atoms with Crippen LogP contribution in [0.25, 0.3) is 0 Å². The number of likely N-dealkylation sites (N-methyl/N-ethyl adjacent to an activating group) is 1. The largest absolute Gasteiger partial charge is 0.495 e. The highest BCUT2D eigenvalue weighted by Crippen LogP contribution is 2.42. The third-order valence-corrected chi connectivity index (χ3v) is 15.6. The van der Waals surface area contributed by atoms with E-state index in [1.54, 1.807) is 46.2 Å². The number of carbonyl (C=O) groups excluding carboxylic acids is 4. The molecule has 10 rings (SSSR count). The fourth-order valence-electron chi connectivity index (χ4n) is 11.0. The predicted octanol–water partition coefficient (Wildman–Crippen LogP) is 5.79. The lowest BCUT2D eigenvalue weighted by molar-refractivity contribution is -0.141. The summed E-state index contributed by atoms with van der Waals surface area (Å²) in [6.45, 7) is 7.94. The Morgan fingerprint density at radius 2 is 1.04 bits per heavy atom. The van der Waals surface area contributed by atoms with Gasteiger partial charge in [-0.2, -0.15) is 27.5 Å². The van der Waals surface area contributed by atoms with Crippen molar-refractivity contribution >= 4 is 69.9 Å². The molecule has 0 atom stereocenters. The molecule has 4 fully saturated rings. The first-order valence-corrected chi connectivity index (χ1v) is 27.5. The molecule has 2 aromatic heterocycles. The summed E-state index contributed by atoms with van der Waals surface area (Å²) in [4.78, 5) is 76.1. The summed E-state index contributed by atoms with van der Waals surface area (Å²) >= 11 is 0. The minimum Gasteiger partial charge on any atom is -0.495 e. The summed E-state index contributed by atoms with van der Waals surface area (Å²) in [5, 5.41) is 13.2. The van der Waals surface area contributed by atoms with Gasteiger partial charge in [0.2, 0.25) is 11.9 Å². The number of benzene rings is 2. The number of alkyl halides is 4. The minimum absolute atomic E-state index is 0.145. The van der Waals surface area contributed by atoms with Crippen molar-refractivity contribution in [3.05, 3.63) is 59.9 Å². The van der Waals surface area contributed by atoms with Crippen molar-refractivity contribution in [1.29, 1.82) is 0 Å². The molecule has 5 N–H and O–H groups in total. The third kappa shape index (κ3) is 13.0. The Kier molecular flexibility index (Phi) is 18.1. The number of amides is 4. The van der Waals surface area contributed by atoms with Crippen LogP contribution in [-0.2, 0) is 9.59 Å². The molecule has 432 valence electrons. The zero-order valence-corrected chi connectivity index (χ0v) is 46.0. The van der Waals surface area contributed by atoms with E-state index >= 15 is 0 Å². The Balaban J connectivity index is 0.000000194. The lowest BCUT2D eigenvalue weighted by atomic mass is 9.94. The Hall–Kier alpha value is -7.16. The molecule has 2 saturated carbocycles. The zero-order valence-electron chi connectivity index (χ0n) is 46.0. The van der Waals surface area contributed by atoms with Crippen LogP contribution in [0.5, 0.6) is 11.5 Å². The monoisotopic (exact) mass is 1120 g/mol. The number of fused-ring (bicyclic) bond motifs is 2. The molecule has 22 nitrogen and oxygen atoms in total. The molecule has 6 aliphatic rings. The summed E-state index contributed by atoms with van der Waals surface area (Å²) in [6.07, 6.45) is 11.7. The van der Waals surface area contributed by atoms with Gasteiger partial charge < -0.3 is 49.9 Å². The Labute approximate surface area is 462 Å². The van der Waals surface area contributed by atoms with Crippen LogP contribution in [-0.4, -0.2) is 183 Å². The summed E-state index contributed by atoms with van der Waals surface area (Å²) in [5.41, 5.74) is 8.20. The molecule has 2 aromatic carbocycles. The zero-order chi connectivity index (χ0) is 56.7. The van der Waals surface area contributed by atoms with Crippen molar-refractivity contribution in [3.8, 4) is 11.5 Å². The van der Waals surface area contributed by atoms with Gasteiger partial charge in [-0.25, -0.2) is 20.0 Å². The van der Waals surface area contributed by atoms with Gasteiger partial charge in [0.1, 0.15) is 22.9 Å². The lowest BCUT2D eigenvalue weighted by Crippen LogP contribution is -2.53. The van der Waals surface area contributed by atoms with Gasteiger partial charge in [-0.05, 0) is 68.6 Å². The molecule has 0 spiro atoms. The molecule has 4 aromatic rings. The maximum absolute atomic E-state index is 15.0. The second-order valence-corrected chi connectivity index (χ2v) is 20.9. The summed E-state index contributed by atoms with van der Waals surface area (Å²) in [6, 6.07) is 9.67. The molecule has 4 amide bonds. The van der Waals surface area contributed by atoms with Crippen molar-refractivity contribution in [3.63, 3.8) is 0 Å². The number of aromatic nitrogens is 4. The quantitative estimate of drug-likeness (QED) is 0.100. The molecule has 80 heavy (non-hydrogen) atoms. The topological polar surface area (TPSA) is 221 Å². The second kappa shape index (κ2) is 25.1. The molecule has 6 heterocycles. The van der Waals surface area contributed by atoms with Gasteiger partial charge in [0.05, 0.1) is 51.1 Å². The molecule has 0 bridgehead atoms. The highest BCUT2D eigenvalue weighted by atomic mass is 19.3. The lowest BCUT2D eigenvalue weighted by Gasteiger charge is -2.35. The van der Waals surface area contributed by atoms with E-state index in [0.29, 0.717) is 58.7 Å². The van der Waals surface area contributed by atoms with Gasteiger partial charge in [0.25, 0.3) is 23.6 Å². The van der Waals surface area contributed by atoms with E-state index in [2.05, 4.69) is 58.6 Å². The third-order valence-electron chi connectivity index (χ3n) is 15.6. The van der Waals surface area contributed by atoms with Gasteiger partial charge in [-0.15, -0.1) is 0 Å². The first-order chi connectivity index (χ1) is 38.5. The fourth-order valence-corrected chi connectivity index (χ4v) is 11.0. The van der Waals surface area contributed by atoms with E-state index in [1.165, 1.54) is 40.7 Å². The molecule has 4 aliphatic heterocycles. The molecule has 26 heteroatoms. The second-order valence-electron chi connectivity index (χ2n) is 20.9. The average Bonchev–Trinajstić information content (AvgIpc) is 3.60. The van der Waals surface area contributed by atoms with Gasteiger partial charge >= 0.3 is 11.8 Å². The minimum atomic E-state index is -3.55. The van der Waals surface area contributed by atoms with Crippen LogP contribution >= 0.6 is 0 Å². The molecule has 2 aliphatic carbocycles. The number of anilines is 8. The van der Waals surface area contributed by atoms with Crippen LogP contribution < -0.4 is 55.9 Å². The number of hydrogen-bond acceptors (Lipinski definition) is 18. The normalized spacial score (nSPS) is 20.3. The molecular weight excluding hydrogens is 1040 g/mol. The Bertz CT molecular complexity index is 2860. The smallest absolute Gasteiger partial charge is 0.342 e. The number of piperazine rings is 2. The Morgan fingerprint density at radius 3 is 1.44 bits per heavy atom. The van der Waals surface area contributed by atoms with Crippen LogP contribution in [0, 0.1) is 0 Å². The number of rotatable bonds is 13. The highest BCUT2D eigenvalue weighted by Gasteiger charge is 2.50. The van der Waals surface area contributed by atoms with Gasteiger partial charge in [0, 0.05) is 89.7 Å². The van der Waals surface area contributed by atoms with Gasteiger partial charge in [0.15, 0.2) is 11.6 Å². The maximum Gasteiger partial charge on any atom is 0.342 e.